The van der Waals surface area contributed by atoms with Crippen LogP contribution in [0.4, 0.5) is 0 Å². The van der Waals surface area contributed by atoms with E-state index in [4.69, 9.17) is 10.2 Å². The second-order valence-electron chi connectivity index (χ2n) is 4.86. The van der Waals surface area contributed by atoms with Crippen molar-refractivity contribution in [2.24, 2.45) is 0 Å². The molecule has 0 aliphatic rings. The summed E-state index contributed by atoms with van der Waals surface area (Å²) in [4.78, 5) is 12.4. The molecule has 1 heterocycles. The number of carbonyl (C=O) groups is 1. The molecule has 2 rings (SSSR count). The van der Waals surface area contributed by atoms with Crippen molar-refractivity contribution in [2.75, 3.05) is 19.7 Å². The van der Waals surface area contributed by atoms with Gasteiger partial charge in [-0.15, -0.1) is 0 Å². The second-order valence-corrected chi connectivity index (χ2v) is 4.86. The van der Waals surface area contributed by atoms with Gasteiger partial charge in [0.25, 0.3) is 0 Å². The van der Waals surface area contributed by atoms with Crippen LogP contribution in [0.5, 0.6) is 0 Å². The van der Waals surface area contributed by atoms with E-state index in [1.807, 2.05) is 41.2 Å². The maximum atomic E-state index is 10.8. The van der Waals surface area contributed by atoms with Crippen LogP contribution in [0.25, 0.3) is 0 Å². The first-order valence-corrected chi connectivity index (χ1v) is 6.77. The van der Waals surface area contributed by atoms with Gasteiger partial charge in [-0.2, -0.15) is 5.10 Å². The summed E-state index contributed by atoms with van der Waals surface area (Å²) in [7, 11) is 0. The zero-order valence-corrected chi connectivity index (χ0v) is 11.7. The van der Waals surface area contributed by atoms with E-state index in [9.17, 15) is 4.79 Å². The van der Waals surface area contributed by atoms with Crippen LogP contribution >= 0.6 is 0 Å². The molecule has 6 heteroatoms. The minimum absolute atomic E-state index is 0.0641. The van der Waals surface area contributed by atoms with Crippen LogP contribution in [0.15, 0.2) is 42.7 Å². The van der Waals surface area contributed by atoms with Gasteiger partial charge in [0, 0.05) is 24.8 Å². The molecule has 6 nitrogen and oxygen atoms in total. The first kappa shape index (κ1) is 15.2. The van der Waals surface area contributed by atoms with Crippen LogP contribution in [0.3, 0.4) is 0 Å². The summed E-state index contributed by atoms with van der Waals surface area (Å²) in [6.45, 7) is 1.31. The number of benzene rings is 1. The van der Waals surface area contributed by atoms with Crippen molar-refractivity contribution < 1.29 is 15.0 Å². The molecule has 2 N–H and O–H groups in total. The van der Waals surface area contributed by atoms with E-state index in [-0.39, 0.29) is 13.2 Å². The molecule has 0 saturated heterocycles. The smallest absolute Gasteiger partial charge is 0.317 e. The molecule has 0 amide bonds. The lowest BCUT2D eigenvalue weighted by Crippen LogP contribution is -2.31. The molecule has 1 aromatic heterocycles. The number of rotatable bonds is 8. The number of nitrogens with zero attached hydrogens (tertiary/aromatic N) is 3. The monoisotopic (exact) mass is 289 g/mol. The highest BCUT2D eigenvalue weighted by Crippen LogP contribution is 2.06. The summed E-state index contributed by atoms with van der Waals surface area (Å²) in [6, 6.07) is 10.00. The van der Waals surface area contributed by atoms with Crippen molar-refractivity contribution in [3.8, 4) is 0 Å². The van der Waals surface area contributed by atoms with E-state index < -0.39 is 5.97 Å². The largest absolute Gasteiger partial charge is 0.480 e. The van der Waals surface area contributed by atoms with E-state index >= 15 is 0 Å². The van der Waals surface area contributed by atoms with E-state index in [1.54, 1.807) is 11.1 Å². The molecule has 0 atom stereocenters. The van der Waals surface area contributed by atoms with E-state index in [1.165, 1.54) is 0 Å². The minimum atomic E-state index is -0.903. The van der Waals surface area contributed by atoms with Gasteiger partial charge in [0.05, 0.1) is 25.9 Å². The number of aromatic nitrogens is 2. The highest BCUT2D eigenvalue weighted by molar-refractivity contribution is 5.69. The quantitative estimate of drug-likeness (QED) is 0.752. The Morgan fingerprint density at radius 3 is 2.67 bits per heavy atom. The number of carboxylic acid groups (broad SMARTS) is 1. The maximum Gasteiger partial charge on any atom is 0.317 e. The molecule has 0 aliphatic heterocycles. The molecule has 21 heavy (non-hydrogen) atoms. The number of aliphatic hydroxyl groups is 1. The number of hydrogen-bond acceptors (Lipinski definition) is 4. The van der Waals surface area contributed by atoms with Crippen LogP contribution in [-0.4, -0.2) is 50.6 Å². The number of hydrogen-bond donors (Lipinski definition) is 2. The maximum absolute atomic E-state index is 10.8. The molecule has 0 aliphatic carbocycles. The third-order valence-corrected chi connectivity index (χ3v) is 3.06. The highest BCUT2D eigenvalue weighted by atomic mass is 16.4. The lowest BCUT2D eigenvalue weighted by molar-refractivity contribution is -0.138. The highest BCUT2D eigenvalue weighted by Gasteiger charge is 2.11. The average molecular weight is 289 g/mol. The number of aliphatic hydroxyl groups excluding tert-OH is 1. The Hall–Kier alpha value is -2.18. The molecule has 2 aromatic rings. The molecule has 0 spiro atoms. The van der Waals surface area contributed by atoms with Crippen LogP contribution in [0.1, 0.15) is 11.1 Å². The summed E-state index contributed by atoms with van der Waals surface area (Å²) in [5.74, 6) is -0.903. The lowest BCUT2D eigenvalue weighted by atomic mass is 10.2. The normalized spacial score (nSPS) is 11.0. The third-order valence-electron chi connectivity index (χ3n) is 3.06. The molecular formula is C15H19N3O3. The second kappa shape index (κ2) is 7.56. The predicted molar refractivity (Wildman–Crippen MR) is 77.8 cm³/mol. The number of aliphatic carboxylic acids is 1. The van der Waals surface area contributed by atoms with E-state index in [0.717, 1.165) is 11.1 Å². The molecule has 0 bridgehead atoms. The first-order valence-electron chi connectivity index (χ1n) is 6.77. The summed E-state index contributed by atoms with van der Waals surface area (Å²) in [5.41, 5.74) is 2.09. The number of carboxylic acids is 1. The first-order chi connectivity index (χ1) is 10.2. The fourth-order valence-electron chi connectivity index (χ4n) is 2.15. The van der Waals surface area contributed by atoms with Gasteiger partial charge >= 0.3 is 5.97 Å². The fourth-order valence-corrected chi connectivity index (χ4v) is 2.15. The Morgan fingerprint density at radius 2 is 2.00 bits per heavy atom. The predicted octanol–water partition coefficient (Wildman–Crippen LogP) is 0.810. The van der Waals surface area contributed by atoms with Crippen molar-refractivity contribution in [1.82, 2.24) is 14.7 Å². The Balaban J connectivity index is 1.96. The van der Waals surface area contributed by atoms with Crippen molar-refractivity contribution >= 4 is 5.97 Å². The van der Waals surface area contributed by atoms with Gasteiger partial charge in [-0.3, -0.25) is 14.4 Å². The minimum Gasteiger partial charge on any atom is -0.480 e. The van der Waals surface area contributed by atoms with Crippen LogP contribution in [0, 0.1) is 0 Å². The summed E-state index contributed by atoms with van der Waals surface area (Å²) >= 11 is 0. The molecule has 0 unspecified atom stereocenters. The van der Waals surface area contributed by atoms with Crippen molar-refractivity contribution in [3.05, 3.63) is 53.9 Å². The van der Waals surface area contributed by atoms with Crippen LogP contribution < -0.4 is 0 Å². The van der Waals surface area contributed by atoms with Gasteiger partial charge in [0.2, 0.25) is 0 Å². The van der Waals surface area contributed by atoms with Crippen molar-refractivity contribution in [3.63, 3.8) is 0 Å². The van der Waals surface area contributed by atoms with Gasteiger partial charge in [-0.1, -0.05) is 30.3 Å². The van der Waals surface area contributed by atoms with Crippen LogP contribution in [0.2, 0.25) is 0 Å². The van der Waals surface area contributed by atoms with Gasteiger partial charge in [-0.25, -0.2) is 0 Å². The molecular weight excluding hydrogens is 270 g/mol. The Morgan fingerprint density at radius 1 is 1.24 bits per heavy atom. The summed E-state index contributed by atoms with van der Waals surface area (Å²) in [6.07, 6.45) is 3.63. The van der Waals surface area contributed by atoms with E-state index in [2.05, 4.69) is 5.10 Å². The zero-order chi connectivity index (χ0) is 15.1. The van der Waals surface area contributed by atoms with Gasteiger partial charge < -0.3 is 10.2 Å². The lowest BCUT2D eigenvalue weighted by Gasteiger charge is -2.17. The molecule has 1 aromatic carbocycles. The van der Waals surface area contributed by atoms with E-state index in [0.29, 0.717) is 19.6 Å². The van der Waals surface area contributed by atoms with Crippen molar-refractivity contribution in [1.29, 1.82) is 0 Å². The summed E-state index contributed by atoms with van der Waals surface area (Å²) < 4.78 is 1.82. The van der Waals surface area contributed by atoms with Gasteiger partial charge in [0.1, 0.15) is 0 Å². The Labute approximate surface area is 123 Å². The zero-order valence-electron chi connectivity index (χ0n) is 11.7. The third kappa shape index (κ3) is 5.02. The molecule has 112 valence electrons. The van der Waals surface area contributed by atoms with Gasteiger partial charge in [0.15, 0.2) is 0 Å². The molecule has 0 saturated carbocycles. The summed E-state index contributed by atoms with van der Waals surface area (Å²) in [5, 5.41) is 22.1. The Kier molecular flexibility index (Phi) is 5.48. The van der Waals surface area contributed by atoms with Crippen molar-refractivity contribution in [2.45, 2.75) is 13.1 Å². The topological polar surface area (TPSA) is 78.6 Å². The Bertz CT molecular complexity index is 569. The standard InChI is InChI=1S/C15H19N3O3/c19-7-6-17(12-15(20)21)9-14-8-16-18(11-14)10-13-4-2-1-3-5-13/h1-5,8,11,19H,6-7,9-10,12H2,(H,20,21). The average Bonchev–Trinajstić information content (AvgIpc) is 2.86. The van der Waals surface area contributed by atoms with Crippen LogP contribution in [-0.2, 0) is 17.9 Å². The SMILES string of the molecule is O=C(O)CN(CCO)Cc1cnn(Cc2ccccc2)c1. The van der Waals surface area contributed by atoms with Gasteiger partial charge in [-0.05, 0) is 5.56 Å². The fraction of sp³-hybridized carbons (Fsp3) is 0.333. The molecule has 0 fully saturated rings. The molecule has 0 radical (unpaired) electrons.